The van der Waals surface area contributed by atoms with Crippen molar-refractivity contribution in [2.24, 2.45) is 10.2 Å². The Morgan fingerprint density at radius 2 is 1.62 bits per heavy atom. The summed E-state index contributed by atoms with van der Waals surface area (Å²) in [6.45, 7) is 4.00. The first-order valence-electron chi connectivity index (χ1n) is 8.54. The number of benzene rings is 1. The van der Waals surface area contributed by atoms with Gasteiger partial charge in [0.05, 0.1) is 11.4 Å². The van der Waals surface area contributed by atoms with Crippen molar-refractivity contribution >= 4 is 17.2 Å². The van der Waals surface area contributed by atoms with Gasteiger partial charge in [-0.05, 0) is 67.3 Å². The topological polar surface area (TPSA) is 54.9 Å². The first kappa shape index (κ1) is 16.1. The second-order valence-corrected chi connectivity index (χ2v) is 6.30. The Balaban J connectivity index is 1.56. The fourth-order valence-corrected chi connectivity index (χ4v) is 2.95. The Kier molecular flexibility index (Phi) is 4.27. The number of hydrogen-bond acceptors (Lipinski definition) is 4. The molecule has 5 heteroatoms. The number of azo groups is 1. The largest absolute Gasteiger partial charge is 0.283 e. The van der Waals surface area contributed by atoms with Crippen molar-refractivity contribution in [2.75, 3.05) is 0 Å². The highest BCUT2D eigenvalue weighted by Crippen LogP contribution is 2.25. The zero-order chi connectivity index (χ0) is 17.9. The van der Waals surface area contributed by atoms with Gasteiger partial charge in [0.2, 0.25) is 0 Å². The maximum atomic E-state index is 4.59. The molecule has 0 radical (unpaired) electrons. The summed E-state index contributed by atoms with van der Waals surface area (Å²) in [4.78, 5) is 8.64. The van der Waals surface area contributed by atoms with Gasteiger partial charge >= 0.3 is 0 Å². The van der Waals surface area contributed by atoms with Gasteiger partial charge in [-0.25, -0.2) is 4.98 Å². The predicted molar refractivity (Wildman–Crippen MR) is 102 cm³/mol. The number of rotatable bonds is 4. The highest BCUT2D eigenvalue weighted by atomic mass is 15.2. The molecule has 0 fully saturated rings. The van der Waals surface area contributed by atoms with Gasteiger partial charge in [-0.3, -0.25) is 9.38 Å². The lowest BCUT2D eigenvalue weighted by atomic mass is 10.1. The minimum atomic E-state index is 0.768. The van der Waals surface area contributed by atoms with Crippen LogP contribution >= 0.6 is 0 Å². The zero-order valence-corrected chi connectivity index (χ0v) is 14.8. The first-order valence-corrected chi connectivity index (χ1v) is 8.54. The molecule has 0 aliphatic heterocycles. The Morgan fingerprint density at radius 3 is 2.38 bits per heavy atom. The van der Waals surface area contributed by atoms with Crippen LogP contribution in [0.2, 0.25) is 0 Å². The Morgan fingerprint density at radius 1 is 0.885 bits per heavy atom. The number of pyridine rings is 2. The van der Waals surface area contributed by atoms with Crippen LogP contribution in [0, 0.1) is 13.8 Å². The molecule has 0 amide bonds. The van der Waals surface area contributed by atoms with Crippen LogP contribution in [-0.2, 0) is 6.42 Å². The quantitative estimate of drug-likeness (QED) is 0.470. The first-order chi connectivity index (χ1) is 12.7. The number of aryl methyl sites for hydroxylation is 2. The number of hydrogen-bond donors (Lipinski definition) is 0. The average Bonchev–Trinajstić information content (AvgIpc) is 2.99. The van der Waals surface area contributed by atoms with Gasteiger partial charge in [0, 0.05) is 18.6 Å². The van der Waals surface area contributed by atoms with Crippen LogP contribution in [0.3, 0.4) is 0 Å². The molecule has 0 aliphatic carbocycles. The lowest BCUT2D eigenvalue weighted by Crippen LogP contribution is -1.87. The molecule has 0 aliphatic rings. The molecule has 1 aromatic carbocycles. The molecule has 0 N–H and O–H groups in total. The molecule has 3 heterocycles. The molecule has 0 bridgehead atoms. The highest BCUT2D eigenvalue weighted by Gasteiger charge is 2.09. The van der Waals surface area contributed by atoms with Crippen molar-refractivity contribution < 1.29 is 0 Å². The minimum absolute atomic E-state index is 0.768. The lowest BCUT2D eigenvalue weighted by Gasteiger charge is -2.02. The summed E-state index contributed by atoms with van der Waals surface area (Å²) >= 11 is 0. The molecule has 0 saturated heterocycles. The van der Waals surface area contributed by atoms with E-state index in [1.54, 1.807) is 0 Å². The van der Waals surface area contributed by atoms with Gasteiger partial charge in [-0.2, -0.15) is 0 Å². The molecule has 128 valence electrons. The minimum Gasteiger partial charge on any atom is -0.283 e. The Hall–Kier alpha value is -3.34. The summed E-state index contributed by atoms with van der Waals surface area (Å²) in [5.41, 5.74) is 6.22. The van der Waals surface area contributed by atoms with E-state index in [9.17, 15) is 0 Å². The van der Waals surface area contributed by atoms with E-state index < -0.39 is 0 Å². The van der Waals surface area contributed by atoms with E-state index in [0.29, 0.717) is 0 Å². The summed E-state index contributed by atoms with van der Waals surface area (Å²) in [6, 6.07) is 16.3. The van der Waals surface area contributed by atoms with Gasteiger partial charge in [0.1, 0.15) is 5.65 Å². The smallest absolute Gasteiger partial charge is 0.182 e. The van der Waals surface area contributed by atoms with E-state index in [4.69, 9.17) is 0 Å². The van der Waals surface area contributed by atoms with Crippen molar-refractivity contribution in [3.05, 3.63) is 89.5 Å². The second kappa shape index (κ2) is 6.88. The Bertz CT molecular complexity index is 1060. The maximum absolute atomic E-state index is 4.59. The molecule has 4 aromatic rings. The third-order valence-electron chi connectivity index (χ3n) is 4.34. The molecule has 3 aromatic heterocycles. The normalized spacial score (nSPS) is 11.5. The summed E-state index contributed by atoms with van der Waals surface area (Å²) < 4.78 is 1.98. The lowest BCUT2D eigenvalue weighted by molar-refractivity contribution is 1.09. The van der Waals surface area contributed by atoms with Crippen molar-refractivity contribution in [3.63, 3.8) is 0 Å². The maximum Gasteiger partial charge on any atom is 0.182 e. The third-order valence-corrected chi connectivity index (χ3v) is 4.34. The molecule has 0 unspecified atom stereocenters. The van der Waals surface area contributed by atoms with Crippen LogP contribution < -0.4 is 0 Å². The van der Waals surface area contributed by atoms with Gasteiger partial charge < -0.3 is 0 Å². The Labute approximate surface area is 152 Å². The van der Waals surface area contributed by atoms with E-state index >= 15 is 0 Å². The van der Waals surface area contributed by atoms with Crippen molar-refractivity contribution in [1.29, 1.82) is 0 Å². The van der Waals surface area contributed by atoms with Gasteiger partial charge in [-0.15, -0.1) is 10.2 Å². The molecular formula is C21H19N5. The van der Waals surface area contributed by atoms with Crippen LogP contribution in [-0.4, -0.2) is 14.4 Å². The third kappa shape index (κ3) is 3.24. The van der Waals surface area contributed by atoms with Crippen molar-refractivity contribution in [3.8, 4) is 0 Å². The standard InChI is InChI=1S/C21H19N5/c1-15-4-3-13-26-20(15)23-16(2)21(26)25-24-19-7-5-17(6-8-19)14-18-9-11-22-12-10-18/h3-13H,14H2,1-2H3. The number of aromatic nitrogens is 3. The van der Waals surface area contributed by atoms with E-state index in [0.717, 1.165) is 34.8 Å². The summed E-state index contributed by atoms with van der Waals surface area (Å²) in [5.74, 6) is 0.768. The monoisotopic (exact) mass is 341 g/mol. The molecule has 26 heavy (non-hydrogen) atoms. The van der Waals surface area contributed by atoms with Crippen molar-refractivity contribution in [1.82, 2.24) is 14.4 Å². The summed E-state index contributed by atoms with van der Waals surface area (Å²) in [5, 5.41) is 8.83. The van der Waals surface area contributed by atoms with Gasteiger partial charge in [0.15, 0.2) is 5.82 Å². The van der Waals surface area contributed by atoms with Crippen LogP contribution in [0.4, 0.5) is 11.5 Å². The van der Waals surface area contributed by atoms with Crippen LogP contribution in [0.15, 0.2) is 77.3 Å². The zero-order valence-electron chi connectivity index (χ0n) is 14.8. The van der Waals surface area contributed by atoms with Crippen molar-refractivity contribution in [2.45, 2.75) is 20.3 Å². The van der Waals surface area contributed by atoms with E-state index in [2.05, 4.69) is 32.3 Å². The van der Waals surface area contributed by atoms with Crippen LogP contribution in [0.25, 0.3) is 5.65 Å². The SMILES string of the molecule is Cc1nc2c(C)cccn2c1N=Nc1ccc(Cc2ccncc2)cc1. The predicted octanol–water partition coefficient (Wildman–Crippen LogP) is 5.35. The van der Waals surface area contributed by atoms with Gasteiger partial charge in [0.25, 0.3) is 0 Å². The molecule has 0 saturated carbocycles. The van der Waals surface area contributed by atoms with Gasteiger partial charge in [-0.1, -0.05) is 18.2 Å². The van der Waals surface area contributed by atoms with E-state index in [1.165, 1.54) is 11.1 Å². The number of fused-ring (bicyclic) bond motifs is 1. The number of imidazole rings is 1. The molecule has 0 atom stereocenters. The summed E-state index contributed by atoms with van der Waals surface area (Å²) in [7, 11) is 0. The number of nitrogens with zero attached hydrogens (tertiary/aromatic N) is 5. The molecule has 5 nitrogen and oxygen atoms in total. The van der Waals surface area contributed by atoms with E-state index in [1.807, 2.05) is 73.2 Å². The molecule has 4 rings (SSSR count). The van der Waals surface area contributed by atoms with Crippen LogP contribution in [0.1, 0.15) is 22.4 Å². The average molecular weight is 341 g/mol. The molecule has 0 spiro atoms. The highest BCUT2D eigenvalue weighted by molar-refractivity contribution is 5.56. The molecular weight excluding hydrogens is 322 g/mol. The van der Waals surface area contributed by atoms with E-state index in [-0.39, 0.29) is 0 Å². The van der Waals surface area contributed by atoms with Crippen LogP contribution in [0.5, 0.6) is 0 Å². The fraction of sp³-hybridized carbons (Fsp3) is 0.143. The fourth-order valence-electron chi connectivity index (χ4n) is 2.95. The second-order valence-electron chi connectivity index (χ2n) is 6.30. The summed E-state index contributed by atoms with van der Waals surface area (Å²) in [6.07, 6.45) is 6.48.